The Balaban J connectivity index is 1.86. The molecule has 0 radical (unpaired) electrons. The van der Waals surface area contributed by atoms with Gasteiger partial charge in [-0.05, 0) is 62.4 Å². The van der Waals surface area contributed by atoms with E-state index < -0.39 is 0 Å². The van der Waals surface area contributed by atoms with Crippen molar-refractivity contribution in [3.05, 3.63) is 59.7 Å². The molecule has 21 heavy (non-hydrogen) atoms. The Hall–Kier alpha value is -2.56. The summed E-state index contributed by atoms with van der Waals surface area (Å²) in [6.07, 6.45) is 0. The fraction of sp³-hybridized carbons (Fsp3) is 0.125. The number of carbonyl (C=O) groups is 2. The number of hydrogen-bond donors (Lipinski definition) is 0. The van der Waals surface area contributed by atoms with Crippen molar-refractivity contribution in [3.63, 3.8) is 0 Å². The lowest BCUT2D eigenvalue weighted by molar-refractivity contribution is 0.100. The molecule has 0 aliphatic heterocycles. The normalized spacial score (nSPS) is 9.81. The van der Waals surface area contributed by atoms with Gasteiger partial charge in [-0.2, -0.15) is 0 Å². The van der Waals surface area contributed by atoms with Crippen LogP contribution < -0.4 is 9.31 Å². The molecule has 0 aliphatic carbocycles. The van der Waals surface area contributed by atoms with Crippen molar-refractivity contribution in [1.29, 1.82) is 0 Å². The summed E-state index contributed by atoms with van der Waals surface area (Å²) < 4.78 is 10.8. The molecule has 0 aliphatic rings. The summed E-state index contributed by atoms with van der Waals surface area (Å²) in [6, 6.07) is 13.7. The zero-order chi connectivity index (χ0) is 15.2. The van der Waals surface area contributed by atoms with E-state index in [1.807, 2.05) is 0 Å². The molecule has 0 bridgehead atoms. The predicted molar refractivity (Wildman–Crippen MR) is 81.3 cm³/mol. The Morgan fingerprint density at radius 2 is 1.05 bits per heavy atom. The van der Waals surface area contributed by atoms with Crippen LogP contribution >= 0.6 is 0 Å². The highest BCUT2D eigenvalue weighted by Crippen LogP contribution is 2.14. The van der Waals surface area contributed by atoms with Crippen molar-refractivity contribution < 1.29 is 18.9 Å². The van der Waals surface area contributed by atoms with Crippen LogP contribution in [0.15, 0.2) is 48.5 Å². The monoisotopic (exact) mass is 282 g/mol. The van der Waals surface area contributed by atoms with Gasteiger partial charge in [0.1, 0.15) is 11.5 Å². The fourth-order valence-corrected chi connectivity index (χ4v) is 1.74. The molecule has 0 atom stereocenters. The molecule has 2 aromatic rings. The van der Waals surface area contributed by atoms with Crippen LogP contribution in [0.5, 0.6) is 11.5 Å². The van der Waals surface area contributed by atoms with Crippen molar-refractivity contribution >= 4 is 19.3 Å². The third-order valence-electron chi connectivity index (χ3n) is 2.97. The Kier molecular flexibility index (Phi) is 4.77. The van der Waals surface area contributed by atoms with Gasteiger partial charge < -0.3 is 9.31 Å². The average molecular weight is 282 g/mol. The molecule has 2 aromatic carbocycles. The molecule has 0 fully saturated rings. The van der Waals surface area contributed by atoms with Gasteiger partial charge in [0.25, 0.3) is 0 Å². The smallest absolute Gasteiger partial charge is 0.529 e. The van der Waals surface area contributed by atoms with Crippen LogP contribution in [0.25, 0.3) is 0 Å². The van der Waals surface area contributed by atoms with Crippen molar-refractivity contribution in [1.82, 2.24) is 0 Å². The van der Waals surface area contributed by atoms with E-state index >= 15 is 0 Å². The maximum absolute atomic E-state index is 11.1. The van der Waals surface area contributed by atoms with Gasteiger partial charge >= 0.3 is 7.69 Å². The fourth-order valence-electron chi connectivity index (χ4n) is 1.74. The first-order chi connectivity index (χ1) is 10.1. The third kappa shape index (κ3) is 4.21. The molecule has 0 heterocycles. The first kappa shape index (κ1) is 14.8. The van der Waals surface area contributed by atoms with E-state index in [1.54, 1.807) is 48.5 Å². The lowest BCUT2D eigenvalue weighted by Gasteiger charge is -2.08. The van der Waals surface area contributed by atoms with Crippen LogP contribution in [-0.4, -0.2) is 19.3 Å². The Morgan fingerprint density at radius 3 is 1.33 bits per heavy atom. The van der Waals surface area contributed by atoms with Gasteiger partial charge in [-0.15, -0.1) is 0 Å². The van der Waals surface area contributed by atoms with E-state index in [0.717, 1.165) is 0 Å². The van der Waals surface area contributed by atoms with Crippen molar-refractivity contribution in [2.75, 3.05) is 0 Å². The largest absolute Gasteiger partial charge is 0.576 e. The van der Waals surface area contributed by atoms with E-state index in [4.69, 9.17) is 9.31 Å². The number of rotatable bonds is 6. The molecule has 0 aromatic heterocycles. The Labute approximate surface area is 124 Å². The van der Waals surface area contributed by atoms with E-state index in [9.17, 15) is 9.59 Å². The highest BCUT2D eigenvalue weighted by molar-refractivity contribution is 6.20. The number of benzene rings is 2. The van der Waals surface area contributed by atoms with Crippen LogP contribution in [0.4, 0.5) is 0 Å². The summed E-state index contributed by atoms with van der Waals surface area (Å²) in [5, 5.41) is 0. The molecular formula is C16H15BO4. The molecule has 0 saturated heterocycles. The van der Waals surface area contributed by atoms with Crippen LogP contribution in [0.2, 0.25) is 0 Å². The molecule has 2 rings (SSSR count). The molecule has 106 valence electrons. The quantitative estimate of drug-likeness (QED) is 0.604. The second-order valence-electron chi connectivity index (χ2n) is 4.57. The van der Waals surface area contributed by atoms with E-state index in [-0.39, 0.29) is 19.3 Å². The molecule has 0 unspecified atom stereocenters. The summed E-state index contributed by atoms with van der Waals surface area (Å²) in [5.41, 5.74) is 1.28. The molecule has 0 N–H and O–H groups in total. The predicted octanol–water partition coefficient (Wildman–Crippen LogP) is 2.82. The Morgan fingerprint density at radius 1 is 0.714 bits per heavy atom. The van der Waals surface area contributed by atoms with E-state index in [0.29, 0.717) is 22.6 Å². The number of Topliss-reactive ketones (excluding diaryl/α,β-unsaturated/α-hetero) is 2. The summed E-state index contributed by atoms with van der Waals surface area (Å²) >= 11 is 0. The number of carbonyl (C=O) groups excluding carboxylic acids is 2. The zero-order valence-electron chi connectivity index (χ0n) is 12.0. The molecule has 5 heteroatoms. The maximum Gasteiger partial charge on any atom is 0.576 e. The summed E-state index contributed by atoms with van der Waals surface area (Å²) in [5.74, 6) is 1.28. The van der Waals surface area contributed by atoms with Gasteiger partial charge in [0.15, 0.2) is 11.6 Å². The topological polar surface area (TPSA) is 52.6 Å². The van der Waals surface area contributed by atoms with Gasteiger partial charge in [0.05, 0.1) is 0 Å². The minimum absolute atomic E-state index is 0.0170. The Bertz CT molecular complexity index is 575. The standard InChI is InChI=1S/C16H15BO4/c1-11(18)13-3-7-15(8-4-13)20-17-21-16-9-5-14(6-10-16)12(2)19/h3-10,17H,1-2H3. The minimum atomic E-state index is 0.0170. The van der Waals surface area contributed by atoms with Crippen LogP contribution in [0.1, 0.15) is 34.6 Å². The van der Waals surface area contributed by atoms with Crippen molar-refractivity contribution in [3.8, 4) is 11.5 Å². The summed E-state index contributed by atoms with van der Waals surface area (Å²) in [6.45, 7) is 3.04. The van der Waals surface area contributed by atoms with Crippen molar-refractivity contribution in [2.24, 2.45) is 0 Å². The van der Waals surface area contributed by atoms with Crippen LogP contribution in [0.3, 0.4) is 0 Å². The number of ketones is 2. The number of hydrogen-bond acceptors (Lipinski definition) is 4. The average Bonchev–Trinajstić information content (AvgIpc) is 2.48. The summed E-state index contributed by atoms with van der Waals surface area (Å²) in [4.78, 5) is 22.3. The molecule has 0 spiro atoms. The highest BCUT2D eigenvalue weighted by Gasteiger charge is 2.03. The van der Waals surface area contributed by atoms with Crippen LogP contribution in [-0.2, 0) is 0 Å². The minimum Gasteiger partial charge on any atom is -0.529 e. The molecule has 0 amide bonds. The zero-order valence-corrected chi connectivity index (χ0v) is 12.0. The van der Waals surface area contributed by atoms with E-state index in [1.165, 1.54) is 13.8 Å². The second kappa shape index (κ2) is 6.75. The molecule has 0 saturated carbocycles. The van der Waals surface area contributed by atoms with Gasteiger partial charge in [-0.1, -0.05) is 0 Å². The first-order valence-corrected chi connectivity index (χ1v) is 6.54. The van der Waals surface area contributed by atoms with Gasteiger partial charge in [-0.3, -0.25) is 9.59 Å². The molecular weight excluding hydrogens is 267 g/mol. The lowest BCUT2D eigenvalue weighted by atomic mass is 10.1. The summed E-state index contributed by atoms with van der Waals surface area (Å²) in [7, 11) is 0.0544. The van der Waals surface area contributed by atoms with Crippen LogP contribution in [0, 0.1) is 0 Å². The molecule has 4 nitrogen and oxygen atoms in total. The maximum atomic E-state index is 11.1. The van der Waals surface area contributed by atoms with E-state index in [2.05, 4.69) is 0 Å². The second-order valence-corrected chi connectivity index (χ2v) is 4.57. The lowest BCUT2D eigenvalue weighted by Crippen LogP contribution is -2.11. The van der Waals surface area contributed by atoms with Crippen molar-refractivity contribution in [2.45, 2.75) is 13.8 Å². The SMILES string of the molecule is CC(=O)c1ccc(OBOc2ccc(C(C)=O)cc2)cc1. The van der Waals surface area contributed by atoms with Gasteiger partial charge in [0.2, 0.25) is 0 Å². The van der Waals surface area contributed by atoms with Gasteiger partial charge in [-0.25, -0.2) is 0 Å². The highest BCUT2D eigenvalue weighted by atomic mass is 16.6. The van der Waals surface area contributed by atoms with Gasteiger partial charge in [0, 0.05) is 11.1 Å². The first-order valence-electron chi connectivity index (χ1n) is 6.54. The third-order valence-corrected chi connectivity index (χ3v) is 2.97.